The van der Waals surface area contributed by atoms with E-state index in [0.717, 1.165) is 37.8 Å². The summed E-state index contributed by atoms with van der Waals surface area (Å²) in [4.78, 5) is 0. The standard InChI is InChI=1S/C34H25F9O2/c1-2-11-44-22-6-3-18(4-7-22)19-5-9-24(26(35)12-19)20-13-28(37)32(29(38)14-20)34(42,43)45-23-8-10-25(27(36)17-23)21-15-30(39)33(41)31(40)16-21/h2,5,8-10,12-18,22H,1,3-4,6-7,11H2. The Kier molecular flexibility index (Phi) is 9.29. The molecule has 0 heterocycles. The second-order valence-electron chi connectivity index (χ2n) is 10.7. The Labute approximate surface area is 252 Å². The summed E-state index contributed by atoms with van der Waals surface area (Å²) in [6.45, 7) is 4.06. The van der Waals surface area contributed by atoms with E-state index in [1.165, 1.54) is 12.1 Å². The monoisotopic (exact) mass is 636 g/mol. The van der Waals surface area contributed by atoms with Crippen molar-refractivity contribution in [1.29, 1.82) is 0 Å². The van der Waals surface area contributed by atoms with Crippen molar-refractivity contribution in [3.63, 3.8) is 0 Å². The summed E-state index contributed by atoms with van der Waals surface area (Å²) in [7, 11) is 0. The van der Waals surface area contributed by atoms with E-state index >= 15 is 4.39 Å². The fourth-order valence-electron chi connectivity index (χ4n) is 5.50. The van der Waals surface area contributed by atoms with E-state index in [4.69, 9.17) is 4.74 Å². The molecule has 0 unspecified atom stereocenters. The molecule has 4 aromatic carbocycles. The van der Waals surface area contributed by atoms with Crippen LogP contribution >= 0.6 is 0 Å². The third-order valence-corrected chi connectivity index (χ3v) is 7.71. The number of ether oxygens (including phenoxy) is 2. The van der Waals surface area contributed by atoms with Gasteiger partial charge in [0, 0.05) is 17.2 Å². The van der Waals surface area contributed by atoms with Crippen LogP contribution < -0.4 is 4.74 Å². The third-order valence-electron chi connectivity index (χ3n) is 7.71. The third kappa shape index (κ3) is 6.88. The second kappa shape index (κ2) is 13.0. The molecule has 236 valence electrons. The lowest BCUT2D eigenvalue weighted by Gasteiger charge is -2.28. The highest BCUT2D eigenvalue weighted by Gasteiger charge is 2.41. The maximum Gasteiger partial charge on any atom is 0.432 e. The average molecular weight is 637 g/mol. The molecule has 0 saturated heterocycles. The van der Waals surface area contributed by atoms with Crippen molar-refractivity contribution >= 4 is 0 Å². The SMILES string of the molecule is C=CCOC1CCC(c2ccc(-c3cc(F)c(C(F)(F)Oc4ccc(-c5cc(F)c(F)c(F)c5)c(F)c4)c(F)c3)c(F)c2)CC1. The first-order valence-corrected chi connectivity index (χ1v) is 13.9. The molecule has 5 rings (SSSR count). The molecule has 0 radical (unpaired) electrons. The van der Waals surface area contributed by atoms with E-state index < -0.39 is 69.3 Å². The number of alkyl halides is 2. The lowest BCUT2D eigenvalue weighted by Crippen LogP contribution is -2.25. The van der Waals surface area contributed by atoms with Crippen molar-refractivity contribution in [2.45, 2.75) is 43.8 Å². The van der Waals surface area contributed by atoms with Gasteiger partial charge in [0.25, 0.3) is 0 Å². The first-order valence-electron chi connectivity index (χ1n) is 13.9. The Hall–Kier alpha value is -4.25. The van der Waals surface area contributed by atoms with Gasteiger partial charge in [0.1, 0.15) is 34.6 Å². The molecule has 0 N–H and O–H groups in total. The minimum Gasteiger partial charge on any atom is -0.429 e. The minimum absolute atomic E-state index is 0.0562. The highest BCUT2D eigenvalue weighted by molar-refractivity contribution is 5.66. The molecule has 0 spiro atoms. The van der Waals surface area contributed by atoms with Crippen molar-refractivity contribution in [2.75, 3.05) is 6.61 Å². The largest absolute Gasteiger partial charge is 0.432 e. The Morgan fingerprint density at radius 2 is 1.20 bits per heavy atom. The molecule has 4 aromatic rings. The van der Waals surface area contributed by atoms with Crippen molar-refractivity contribution < 1.29 is 49.0 Å². The molecule has 1 fully saturated rings. The number of hydrogen-bond acceptors (Lipinski definition) is 2. The van der Waals surface area contributed by atoms with E-state index in [0.29, 0.717) is 42.5 Å². The van der Waals surface area contributed by atoms with Gasteiger partial charge >= 0.3 is 6.11 Å². The fraction of sp³-hybridized carbons (Fsp3) is 0.235. The molecule has 1 aliphatic carbocycles. The smallest absolute Gasteiger partial charge is 0.429 e. The lowest BCUT2D eigenvalue weighted by molar-refractivity contribution is -0.189. The van der Waals surface area contributed by atoms with Crippen LogP contribution in [0.1, 0.15) is 42.7 Å². The van der Waals surface area contributed by atoms with Gasteiger partial charge in [-0.25, -0.2) is 30.7 Å². The van der Waals surface area contributed by atoms with Gasteiger partial charge in [-0.15, -0.1) is 6.58 Å². The summed E-state index contributed by atoms with van der Waals surface area (Å²) in [6, 6.07) is 8.30. The number of hydrogen-bond donors (Lipinski definition) is 0. The lowest BCUT2D eigenvalue weighted by atomic mass is 9.82. The maximum atomic E-state index is 15.1. The van der Waals surface area contributed by atoms with Gasteiger partial charge in [0.15, 0.2) is 17.5 Å². The van der Waals surface area contributed by atoms with Crippen molar-refractivity contribution in [1.82, 2.24) is 0 Å². The highest BCUT2D eigenvalue weighted by Crippen LogP contribution is 2.40. The quantitative estimate of drug-likeness (QED) is 0.103. The molecule has 0 bridgehead atoms. The first-order chi connectivity index (χ1) is 21.4. The molecule has 11 heteroatoms. The zero-order valence-corrected chi connectivity index (χ0v) is 23.5. The Bertz CT molecular complexity index is 1680. The van der Waals surface area contributed by atoms with E-state index in [2.05, 4.69) is 11.3 Å². The summed E-state index contributed by atoms with van der Waals surface area (Å²) in [5, 5.41) is 0. The van der Waals surface area contributed by atoms with Crippen LogP contribution in [0.25, 0.3) is 22.3 Å². The molecule has 1 aliphatic rings. The number of halogens is 9. The van der Waals surface area contributed by atoms with Gasteiger partial charge in [0.2, 0.25) is 0 Å². The van der Waals surface area contributed by atoms with Crippen LogP contribution in [-0.2, 0) is 10.8 Å². The first kappa shape index (κ1) is 32.2. The minimum atomic E-state index is -4.66. The summed E-state index contributed by atoms with van der Waals surface area (Å²) in [5.41, 5.74) is -2.56. The second-order valence-corrected chi connectivity index (χ2v) is 10.7. The molecular weight excluding hydrogens is 611 g/mol. The summed E-state index contributed by atoms with van der Waals surface area (Å²) >= 11 is 0. The van der Waals surface area contributed by atoms with Gasteiger partial charge in [-0.1, -0.05) is 18.2 Å². The van der Waals surface area contributed by atoms with Crippen LogP contribution in [0.5, 0.6) is 5.75 Å². The van der Waals surface area contributed by atoms with Gasteiger partial charge in [-0.05, 0) is 90.8 Å². The van der Waals surface area contributed by atoms with Gasteiger partial charge < -0.3 is 9.47 Å². The van der Waals surface area contributed by atoms with Crippen molar-refractivity contribution in [3.8, 4) is 28.0 Å². The van der Waals surface area contributed by atoms with Gasteiger partial charge in [0.05, 0.1) is 12.7 Å². The van der Waals surface area contributed by atoms with Gasteiger partial charge in [-0.2, -0.15) is 8.78 Å². The molecule has 1 saturated carbocycles. The Balaban J connectivity index is 1.34. The molecule has 0 aliphatic heterocycles. The summed E-state index contributed by atoms with van der Waals surface area (Å²) < 4.78 is 140. The van der Waals surface area contributed by atoms with Crippen LogP contribution in [0.2, 0.25) is 0 Å². The zero-order valence-electron chi connectivity index (χ0n) is 23.5. The average Bonchev–Trinajstić information content (AvgIpc) is 2.98. The Morgan fingerprint density at radius 3 is 1.73 bits per heavy atom. The topological polar surface area (TPSA) is 18.5 Å². The van der Waals surface area contributed by atoms with Gasteiger partial charge in [-0.3, -0.25) is 0 Å². The molecule has 2 nitrogen and oxygen atoms in total. The molecule has 0 amide bonds. The van der Waals surface area contributed by atoms with E-state index in [9.17, 15) is 35.1 Å². The summed E-state index contributed by atoms with van der Waals surface area (Å²) in [5.74, 6) is -11.4. The van der Waals surface area contributed by atoms with Crippen LogP contribution in [0.15, 0.2) is 73.3 Å². The van der Waals surface area contributed by atoms with Crippen molar-refractivity contribution in [3.05, 3.63) is 125 Å². The van der Waals surface area contributed by atoms with E-state index in [1.807, 2.05) is 0 Å². The Morgan fingerprint density at radius 1 is 0.667 bits per heavy atom. The van der Waals surface area contributed by atoms with Crippen LogP contribution in [0, 0.1) is 40.7 Å². The van der Waals surface area contributed by atoms with E-state index in [1.54, 1.807) is 12.1 Å². The van der Waals surface area contributed by atoms with Crippen LogP contribution in [0.3, 0.4) is 0 Å². The van der Waals surface area contributed by atoms with E-state index in [-0.39, 0.29) is 23.1 Å². The number of rotatable bonds is 9. The fourth-order valence-corrected chi connectivity index (χ4v) is 5.50. The molecule has 0 aromatic heterocycles. The molecular formula is C34H25F9O2. The molecule has 0 atom stereocenters. The predicted octanol–water partition coefficient (Wildman–Crippen LogP) is 10.4. The zero-order chi connectivity index (χ0) is 32.5. The predicted molar refractivity (Wildman–Crippen MR) is 149 cm³/mol. The molecule has 45 heavy (non-hydrogen) atoms. The number of benzene rings is 4. The highest BCUT2D eigenvalue weighted by atomic mass is 19.3. The van der Waals surface area contributed by atoms with Crippen molar-refractivity contribution in [2.24, 2.45) is 0 Å². The normalized spacial score (nSPS) is 16.9. The summed E-state index contributed by atoms with van der Waals surface area (Å²) in [6.07, 6.45) is 0.159. The van der Waals surface area contributed by atoms with Crippen LogP contribution in [0.4, 0.5) is 39.5 Å². The maximum absolute atomic E-state index is 15.1. The van der Waals surface area contributed by atoms with Crippen LogP contribution in [-0.4, -0.2) is 12.7 Å².